The molecule has 5 nitrogen and oxygen atoms in total. The fraction of sp³-hybridized carbons (Fsp3) is 0.700. The maximum Gasteiger partial charge on any atom is 0.434 e. The predicted molar refractivity (Wildman–Crippen MR) is 70.8 cm³/mol. The molecule has 0 N–H and O–H groups in total. The average Bonchev–Trinajstić information content (AvgIpc) is 2.74. The molecule has 0 aliphatic heterocycles. The van der Waals surface area contributed by atoms with Crippen molar-refractivity contribution in [2.75, 3.05) is 4.43 Å². The van der Waals surface area contributed by atoms with E-state index in [4.69, 9.17) is 0 Å². The highest BCUT2D eigenvalue weighted by atomic mass is 125. The van der Waals surface area contributed by atoms with E-state index in [0.29, 0.717) is 6.54 Å². The molecule has 0 saturated heterocycles. The highest BCUT2D eigenvalue weighted by Crippen LogP contribution is 2.32. The molecule has 1 heterocycles. The molecule has 0 aromatic carbocycles. The van der Waals surface area contributed by atoms with Crippen molar-refractivity contribution in [3.05, 3.63) is 22.5 Å². The zero-order valence-electron chi connectivity index (χ0n) is 9.52. The first kappa shape index (κ1) is 13.4. The van der Waals surface area contributed by atoms with Gasteiger partial charge in [-0.15, -0.1) is 0 Å². The van der Waals surface area contributed by atoms with Gasteiger partial charge in [-0.3, -0.25) is 0 Å². The van der Waals surface area contributed by atoms with Crippen molar-refractivity contribution >= 4 is 28.5 Å². The van der Waals surface area contributed by atoms with Crippen LogP contribution in [0, 0.1) is 15.5 Å². The van der Waals surface area contributed by atoms with Crippen LogP contribution in [-0.2, 0) is 6.54 Å². The molecule has 1 rings (SSSR count). The Labute approximate surface area is 109 Å². The minimum absolute atomic E-state index is 0.0591. The summed E-state index contributed by atoms with van der Waals surface area (Å²) in [6, 6.07) is 0. The Kier molecular flexibility index (Phi) is 4.69. The van der Waals surface area contributed by atoms with Crippen molar-refractivity contribution in [1.82, 2.24) is 9.55 Å². The van der Waals surface area contributed by atoms with Gasteiger partial charge in [0, 0.05) is 9.84 Å². The van der Waals surface area contributed by atoms with Crippen LogP contribution in [0.4, 0.5) is 5.95 Å². The molecule has 0 bridgehead atoms. The summed E-state index contributed by atoms with van der Waals surface area (Å²) in [6.45, 7) is 4.93. The van der Waals surface area contributed by atoms with Gasteiger partial charge in [-0.1, -0.05) is 41.4 Å². The second kappa shape index (κ2) is 5.60. The van der Waals surface area contributed by atoms with Crippen LogP contribution in [0.3, 0.4) is 0 Å². The third-order valence-corrected chi connectivity index (χ3v) is 4.76. The van der Waals surface area contributed by atoms with Gasteiger partial charge in [0.2, 0.25) is 0 Å². The van der Waals surface area contributed by atoms with E-state index < -0.39 is 4.92 Å². The molecule has 0 atom stereocenters. The molecule has 0 radical (unpaired) electrons. The zero-order chi connectivity index (χ0) is 12.2. The van der Waals surface area contributed by atoms with Gasteiger partial charge >= 0.3 is 5.95 Å². The Morgan fingerprint density at radius 2 is 2.19 bits per heavy atom. The lowest BCUT2D eigenvalue weighted by molar-refractivity contribution is -0.397. The molecule has 0 fully saturated rings. The topological polar surface area (TPSA) is 61.0 Å². The van der Waals surface area contributed by atoms with E-state index in [1.807, 2.05) is 0 Å². The lowest BCUT2D eigenvalue weighted by Crippen LogP contribution is -2.27. The number of hydrogen-bond acceptors (Lipinski definition) is 3. The molecule has 16 heavy (non-hydrogen) atoms. The quantitative estimate of drug-likeness (QED) is 0.347. The number of imidazole rings is 1. The Bertz CT molecular complexity index is 352. The van der Waals surface area contributed by atoms with E-state index >= 15 is 0 Å². The first-order valence-corrected chi connectivity index (χ1v) is 6.82. The molecule has 0 saturated carbocycles. The lowest BCUT2D eigenvalue weighted by Gasteiger charge is -2.28. The Hall–Kier alpha value is -0.660. The van der Waals surface area contributed by atoms with Crippen molar-refractivity contribution in [2.45, 2.75) is 33.2 Å². The Morgan fingerprint density at radius 3 is 2.62 bits per heavy atom. The molecule has 0 unspecified atom stereocenters. The summed E-state index contributed by atoms with van der Waals surface area (Å²) in [6.07, 6.45) is 5.20. The summed E-state index contributed by atoms with van der Waals surface area (Å²) in [5, 5.41) is 10.8. The highest BCUT2D eigenvalue weighted by Gasteiger charge is 2.29. The standard InChI is InChI=1S/C10H16IN3O2/c1-3-10(4-2,7-11)8-13-6-5-12-9(13)14(15)16/h5-6H,3-4,7-8H2,1-2H3/i11-2. The van der Waals surface area contributed by atoms with Crippen LogP contribution in [0.5, 0.6) is 0 Å². The van der Waals surface area contributed by atoms with Crippen LogP contribution in [0.15, 0.2) is 12.4 Å². The van der Waals surface area contributed by atoms with Crippen LogP contribution in [-0.4, -0.2) is 18.9 Å². The number of nitro groups is 1. The van der Waals surface area contributed by atoms with Gasteiger partial charge in [-0.2, -0.15) is 0 Å². The molecule has 1 aromatic heterocycles. The smallest absolute Gasteiger partial charge is 0.390 e. The first-order chi connectivity index (χ1) is 7.58. The van der Waals surface area contributed by atoms with Crippen LogP contribution < -0.4 is 0 Å². The molecular formula is C10H16IN3O2. The van der Waals surface area contributed by atoms with E-state index in [1.165, 1.54) is 6.20 Å². The summed E-state index contributed by atoms with van der Waals surface area (Å²) < 4.78 is 2.64. The molecule has 0 aliphatic rings. The monoisotopic (exact) mass is 335 g/mol. The second-order valence-corrected chi connectivity index (χ2v) is 4.72. The molecule has 1 aromatic rings. The van der Waals surface area contributed by atoms with E-state index in [2.05, 4.69) is 41.4 Å². The number of alkyl halides is 1. The minimum atomic E-state index is -0.427. The summed E-state index contributed by atoms with van der Waals surface area (Å²) in [7, 11) is 0. The lowest BCUT2D eigenvalue weighted by atomic mass is 9.84. The Balaban J connectivity index is 2.93. The predicted octanol–water partition coefficient (Wildman–Crippen LogP) is 3.03. The van der Waals surface area contributed by atoms with Gasteiger partial charge in [-0.25, -0.2) is 4.57 Å². The third kappa shape index (κ3) is 2.72. The summed E-state index contributed by atoms with van der Waals surface area (Å²) in [5.41, 5.74) is 0.131. The maximum absolute atomic E-state index is 10.8. The van der Waals surface area contributed by atoms with Crippen LogP contribution in [0.2, 0.25) is 0 Å². The Morgan fingerprint density at radius 1 is 1.56 bits per heavy atom. The molecular weight excluding hydrogens is 319 g/mol. The average molecular weight is 335 g/mol. The van der Waals surface area contributed by atoms with Crippen molar-refractivity contribution in [3.63, 3.8) is 0 Å². The van der Waals surface area contributed by atoms with Gasteiger partial charge < -0.3 is 10.1 Å². The fourth-order valence-corrected chi connectivity index (χ4v) is 2.98. The van der Waals surface area contributed by atoms with Crippen molar-refractivity contribution in [2.24, 2.45) is 5.41 Å². The number of hydrogen-bond donors (Lipinski definition) is 0. The van der Waals surface area contributed by atoms with Gasteiger partial charge in [0.15, 0.2) is 0 Å². The minimum Gasteiger partial charge on any atom is -0.390 e. The summed E-state index contributed by atoms with van der Waals surface area (Å²) >= 11 is 2.35. The van der Waals surface area contributed by atoms with Crippen LogP contribution >= 0.6 is 22.6 Å². The van der Waals surface area contributed by atoms with Crippen LogP contribution in [0.25, 0.3) is 0 Å². The van der Waals surface area contributed by atoms with E-state index in [0.717, 1.165) is 17.3 Å². The molecule has 0 spiro atoms. The number of halogens is 1. The molecule has 0 amide bonds. The van der Waals surface area contributed by atoms with Crippen molar-refractivity contribution in [3.8, 4) is 0 Å². The van der Waals surface area contributed by atoms with Gasteiger partial charge in [-0.05, 0) is 17.8 Å². The van der Waals surface area contributed by atoms with Gasteiger partial charge in [0.1, 0.15) is 12.4 Å². The summed E-state index contributed by atoms with van der Waals surface area (Å²) in [5.74, 6) is -0.0591. The van der Waals surface area contributed by atoms with Crippen molar-refractivity contribution < 1.29 is 4.92 Å². The first-order valence-electron chi connectivity index (χ1n) is 5.30. The largest absolute Gasteiger partial charge is 0.434 e. The maximum atomic E-state index is 10.8. The number of nitrogens with zero attached hydrogens (tertiary/aromatic N) is 3. The molecule has 0 aliphatic carbocycles. The van der Waals surface area contributed by atoms with Crippen LogP contribution in [0.1, 0.15) is 26.7 Å². The molecule has 6 heteroatoms. The summed E-state index contributed by atoms with van der Waals surface area (Å²) in [4.78, 5) is 14.1. The second-order valence-electron chi connectivity index (χ2n) is 3.95. The zero-order valence-corrected chi connectivity index (χ0v) is 11.7. The van der Waals surface area contributed by atoms with Gasteiger partial charge in [0.05, 0.1) is 6.54 Å². The normalized spacial score (nSPS) is 11.7. The van der Waals surface area contributed by atoms with E-state index in [9.17, 15) is 10.1 Å². The molecule has 90 valence electrons. The highest BCUT2D eigenvalue weighted by molar-refractivity contribution is 14.1. The fourth-order valence-electron chi connectivity index (χ4n) is 1.66. The third-order valence-electron chi connectivity index (χ3n) is 3.15. The van der Waals surface area contributed by atoms with E-state index in [1.54, 1.807) is 10.8 Å². The van der Waals surface area contributed by atoms with Gasteiger partial charge in [0.25, 0.3) is 0 Å². The number of rotatable bonds is 6. The number of aromatic nitrogens is 2. The van der Waals surface area contributed by atoms with E-state index in [-0.39, 0.29) is 11.4 Å². The SMILES string of the molecule is CCC(CC)(C[125I])Cn1ccnc1[N+](=O)[O-]. The van der Waals surface area contributed by atoms with Crippen molar-refractivity contribution in [1.29, 1.82) is 0 Å².